The number of rotatable bonds is 6. The van der Waals surface area contributed by atoms with Crippen LogP contribution in [-0.2, 0) is 11.3 Å². The van der Waals surface area contributed by atoms with Gasteiger partial charge in [-0.1, -0.05) is 30.7 Å². The molecular weight excluding hydrogens is 478 g/mol. The van der Waals surface area contributed by atoms with Crippen molar-refractivity contribution >= 4 is 28.8 Å². The number of nitrogens with zero attached hydrogens (tertiary/aromatic N) is 5. The third-order valence-electron chi connectivity index (χ3n) is 6.63. The fourth-order valence-electron chi connectivity index (χ4n) is 4.65. The normalized spacial score (nSPS) is 14.3. The van der Waals surface area contributed by atoms with Crippen LogP contribution in [-0.4, -0.2) is 56.2 Å². The lowest BCUT2D eigenvalue weighted by molar-refractivity contribution is -0.384. The SMILES string of the molecule is CCC(=O)N1CCN(Cc2c(-c3ccc([N+](=O)[O-])cc3)nc3ccc(-c4cccc(Cl)c4)cn23)CC1. The molecule has 0 unspecified atom stereocenters. The Morgan fingerprint density at radius 2 is 1.72 bits per heavy atom. The van der Waals surface area contributed by atoms with Gasteiger partial charge in [-0.2, -0.15) is 0 Å². The summed E-state index contributed by atoms with van der Waals surface area (Å²) in [5.41, 5.74) is 5.47. The molecule has 0 radical (unpaired) electrons. The number of carbonyl (C=O) groups is 1. The number of hydrogen-bond acceptors (Lipinski definition) is 5. The predicted octanol–water partition coefficient (Wildman–Crippen LogP) is 5.28. The maximum atomic E-state index is 12.1. The molecule has 0 bridgehead atoms. The topological polar surface area (TPSA) is 84.0 Å². The molecule has 184 valence electrons. The van der Waals surface area contributed by atoms with Crippen molar-refractivity contribution in [3.63, 3.8) is 0 Å². The average molecular weight is 504 g/mol. The Balaban J connectivity index is 1.54. The van der Waals surface area contributed by atoms with Crippen LogP contribution in [0.5, 0.6) is 0 Å². The van der Waals surface area contributed by atoms with E-state index in [0.717, 1.165) is 46.8 Å². The van der Waals surface area contributed by atoms with Crippen LogP contribution in [0.4, 0.5) is 5.69 Å². The van der Waals surface area contributed by atoms with Gasteiger partial charge in [-0.3, -0.25) is 19.8 Å². The second-order valence-corrected chi connectivity index (χ2v) is 9.31. The first-order valence-electron chi connectivity index (χ1n) is 11.9. The van der Waals surface area contributed by atoms with E-state index in [1.165, 1.54) is 12.1 Å². The van der Waals surface area contributed by atoms with E-state index in [2.05, 4.69) is 15.5 Å². The first-order valence-corrected chi connectivity index (χ1v) is 12.3. The van der Waals surface area contributed by atoms with Crippen molar-refractivity contribution in [1.82, 2.24) is 19.2 Å². The highest BCUT2D eigenvalue weighted by Gasteiger charge is 2.23. The summed E-state index contributed by atoms with van der Waals surface area (Å²) in [5, 5.41) is 11.8. The zero-order valence-corrected chi connectivity index (χ0v) is 20.7. The molecule has 8 nitrogen and oxygen atoms in total. The van der Waals surface area contributed by atoms with Crippen LogP contribution in [0.1, 0.15) is 19.0 Å². The minimum Gasteiger partial charge on any atom is -0.340 e. The van der Waals surface area contributed by atoms with E-state index in [4.69, 9.17) is 16.6 Å². The van der Waals surface area contributed by atoms with Crippen molar-refractivity contribution in [2.45, 2.75) is 19.9 Å². The summed E-state index contributed by atoms with van der Waals surface area (Å²) in [4.78, 5) is 32.0. The van der Waals surface area contributed by atoms with E-state index < -0.39 is 4.92 Å². The molecule has 1 saturated heterocycles. The summed E-state index contributed by atoms with van der Waals surface area (Å²) in [6, 6.07) is 18.2. The number of pyridine rings is 1. The van der Waals surface area contributed by atoms with Crippen molar-refractivity contribution < 1.29 is 9.72 Å². The summed E-state index contributed by atoms with van der Waals surface area (Å²) in [7, 11) is 0. The van der Waals surface area contributed by atoms with Crippen LogP contribution >= 0.6 is 11.6 Å². The quantitative estimate of drug-likeness (QED) is 0.264. The first-order chi connectivity index (χ1) is 17.4. The molecule has 0 N–H and O–H groups in total. The van der Waals surface area contributed by atoms with Crippen LogP contribution in [0.25, 0.3) is 28.0 Å². The molecule has 36 heavy (non-hydrogen) atoms. The van der Waals surface area contributed by atoms with Gasteiger partial charge >= 0.3 is 0 Å². The number of aromatic nitrogens is 2. The first kappa shape index (κ1) is 24.0. The Morgan fingerprint density at radius 3 is 2.39 bits per heavy atom. The smallest absolute Gasteiger partial charge is 0.269 e. The number of nitro groups is 1. The molecule has 3 heterocycles. The number of fused-ring (bicyclic) bond motifs is 1. The van der Waals surface area contributed by atoms with Crippen molar-refractivity contribution in [3.8, 4) is 22.4 Å². The van der Waals surface area contributed by atoms with E-state index >= 15 is 0 Å². The van der Waals surface area contributed by atoms with Crippen molar-refractivity contribution in [3.05, 3.63) is 87.7 Å². The minimum absolute atomic E-state index is 0.0454. The molecule has 0 spiro atoms. The zero-order valence-electron chi connectivity index (χ0n) is 19.9. The van der Waals surface area contributed by atoms with E-state index in [0.29, 0.717) is 31.1 Å². The number of carbonyl (C=O) groups excluding carboxylic acids is 1. The Labute approximate surface area is 213 Å². The predicted molar refractivity (Wildman–Crippen MR) is 140 cm³/mol. The maximum absolute atomic E-state index is 12.1. The van der Waals surface area contributed by atoms with E-state index in [1.54, 1.807) is 12.1 Å². The lowest BCUT2D eigenvalue weighted by atomic mass is 10.1. The molecule has 2 aromatic carbocycles. The van der Waals surface area contributed by atoms with E-state index in [1.807, 2.05) is 48.2 Å². The number of imidazole rings is 1. The summed E-state index contributed by atoms with van der Waals surface area (Å²) >= 11 is 6.24. The molecule has 0 aliphatic carbocycles. The number of piperazine rings is 1. The molecule has 0 atom stereocenters. The number of halogens is 1. The number of benzene rings is 2. The van der Waals surface area contributed by atoms with Crippen LogP contribution in [0.2, 0.25) is 5.02 Å². The van der Waals surface area contributed by atoms with Gasteiger partial charge in [-0.05, 0) is 47.5 Å². The van der Waals surface area contributed by atoms with Crippen LogP contribution in [0, 0.1) is 10.1 Å². The Kier molecular flexibility index (Phi) is 6.71. The molecule has 4 aromatic rings. The van der Waals surface area contributed by atoms with Gasteiger partial charge in [-0.15, -0.1) is 0 Å². The van der Waals surface area contributed by atoms with Gasteiger partial charge in [0.05, 0.1) is 16.3 Å². The lowest BCUT2D eigenvalue weighted by Gasteiger charge is -2.34. The summed E-state index contributed by atoms with van der Waals surface area (Å²) in [6.07, 6.45) is 2.58. The molecule has 9 heteroatoms. The Hall–Kier alpha value is -3.75. The Morgan fingerprint density at radius 1 is 1.00 bits per heavy atom. The van der Waals surface area contributed by atoms with Gasteiger partial charge < -0.3 is 9.30 Å². The van der Waals surface area contributed by atoms with Gasteiger partial charge in [0.15, 0.2) is 0 Å². The highest BCUT2D eigenvalue weighted by Crippen LogP contribution is 2.30. The average Bonchev–Trinajstić information content (AvgIpc) is 3.26. The van der Waals surface area contributed by atoms with Gasteiger partial charge in [-0.25, -0.2) is 4.98 Å². The summed E-state index contributed by atoms with van der Waals surface area (Å²) < 4.78 is 2.09. The summed E-state index contributed by atoms with van der Waals surface area (Å²) in [6.45, 7) is 5.47. The standard InChI is InChI=1S/C27H26ClN5O3/c1-2-26(34)31-14-12-30(13-15-31)18-24-27(19-6-9-23(10-7-19)33(35)36)29-25-11-8-21(17-32(24)25)20-4-3-5-22(28)16-20/h3-11,16-17H,2,12-15,18H2,1H3. The fourth-order valence-corrected chi connectivity index (χ4v) is 4.84. The van der Waals surface area contributed by atoms with Gasteiger partial charge in [0.25, 0.3) is 5.69 Å². The van der Waals surface area contributed by atoms with Crippen LogP contribution in [0.15, 0.2) is 66.9 Å². The van der Waals surface area contributed by atoms with Crippen molar-refractivity contribution in [2.75, 3.05) is 26.2 Å². The van der Waals surface area contributed by atoms with E-state index in [9.17, 15) is 14.9 Å². The maximum Gasteiger partial charge on any atom is 0.269 e. The zero-order chi connectivity index (χ0) is 25.2. The third-order valence-corrected chi connectivity index (χ3v) is 6.86. The number of non-ortho nitro benzene ring substituents is 1. The molecular formula is C27H26ClN5O3. The van der Waals surface area contributed by atoms with Crippen LogP contribution in [0.3, 0.4) is 0 Å². The molecule has 0 saturated carbocycles. The van der Waals surface area contributed by atoms with Gasteiger partial charge in [0.2, 0.25) is 5.91 Å². The largest absolute Gasteiger partial charge is 0.340 e. The Bertz CT molecular complexity index is 1430. The minimum atomic E-state index is -0.400. The highest BCUT2D eigenvalue weighted by atomic mass is 35.5. The highest BCUT2D eigenvalue weighted by molar-refractivity contribution is 6.30. The molecule has 5 rings (SSSR count). The van der Waals surface area contributed by atoms with Crippen LogP contribution < -0.4 is 0 Å². The van der Waals surface area contributed by atoms with Crippen molar-refractivity contribution in [1.29, 1.82) is 0 Å². The second-order valence-electron chi connectivity index (χ2n) is 8.88. The lowest BCUT2D eigenvalue weighted by Crippen LogP contribution is -2.48. The van der Waals surface area contributed by atoms with Crippen molar-refractivity contribution in [2.24, 2.45) is 0 Å². The molecule has 1 amide bonds. The molecule has 2 aromatic heterocycles. The summed E-state index contributed by atoms with van der Waals surface area (Å²) in [5.74, 6) is 0.183. The molecule has 1 aliphatic heterocycles. The monoisotopic (exact) mass is 503 g/mol. The third kappa shape index (κ3) is 4.82. The number of hydrogen-bond donors (Lipinski definition) is 0. The second kappa shape index (κ2) is 10.1. The van der Waals surface area contributed by atoms with Gasteiger partial charge in [0.1, 0.15) is 5.65 Å². The molecule has 1 fully saturated rings. The molecule has 1 aliphatic rings. The van der Waals surface area contributed by atoms with E-state index in [-0.39, 0.29) is 11.6 Å². The fraction of sp³-hybridized carbons (Fsp3) is 0.259. The number of nitro benzene ring substituents is 1. The van der Waals surface area contributed by atoms with Gasteiger partial charge in [0, 0.05) is 68.1 Å². The number of amides is 1.